The fourth-order valence-corrected chi connectivity index (χ4v) is 2.50. The topological polar surface area (TPSA) is 64.6 Å². The molecule has 3 aromatic rings. The Balaban J connectivity index is 1.74. The molecule has 0 bridgehead atoms. The molecule has 0 amide bonds. The van der Waals surface area contributed by atoms with Crippen molar-refractivity contribution < 1.29 is 9.26 Å². The maximum atomic E-state index is 5.28. The van der Waals surface area contributed by atoms with Crippen molar-refractivity contribution in [3.05, 3.63) is 35.3 Å². The van der Waals surface area contributed by atoms with E-state index < -0.39 is 0 Å². The highest BCUT2D eigenvalue weighted by molar-refractivity contribution is 7.15. The average molecular weight is 264 g/mol. The zero-order valence-electron chi connectivity index (χ0n) is 9.79. The quantitative estimate of drug-likeness (QED) is 0.759. The van der Waals surface area contributed by atoms with Crippen LogP contribution in [0.5, 0.6) is 5.88 Å². The molecule has 0 aromatic carbocycles. The van der Waals surface area contributed by atoms with Crippen LogP contribution in [0.2, 0.25) is 0 Å². The molecule has 0 atom stereocenters. The number of fused-ring (bicyclic) bond motifs is 1. The van der Waals surface area contributed by atoms with Gasteiger partial charge in [0.2, 0.25) is 5.88 Å². The minimum absolute atomic E-state index is 0.650. The number of imidazole rings is 1. The van der Waals surface area contributed by atoms with E-state index in [1.165, 1.54) is 0 Å². The summed E-state index contributed by atoms with van der Waals surface area (Å²) in [5.74, 6) is 0.662. The van der Waals surface area contributed by atoms with Crippen LogP contribution in [0.15, 0.2) is 28.4 Å². The van der Waals surface area contributed by atoms with Crippen molar-refractivity contribution >= 4 is 16.3 Å². The maximum absolute atomic E-state index is 5.28. The predicted octanol–water partition coefficient (Wildman–Crippen LogP) is 1.68. The number of hydrogen-bond acceptors (Lipinski definition) is 6. The van der Waals surface area contributed by atoms with Crippen molar-refractivity contribution in [1.29, 1.82) is 0 Å². The van der Waals surface area contributed by atoms with E-state index in [-0.39, 0.29) is 0 Å². The van der Waals surface area contributed by atoms with Crippen molar-refractivity contribution in [2.24, 2.45) is 0 Å². The zero-order chi connectivity index (χ0) is 12.4. The van der Waals surface area contributed by atoms with Crippen LogP contribution in [0, 0.1) is 0 Å². The third-order valence-corrected chi connectivity index (χ3v) is 3.36. The first-order chi connectivity index (χ1) is 8.88. The largest absolute Gasteiger partial charge is 0.480 e. The molecule has 18 heavy (non-hydrogen) atoms. The molecule has 3 heterocycles. The molecule has 94 valence electrons. The molecule has 0 fully saturated rings. The standard InChI is InChI=1S/C11H12N4O2S/c1-16-10-9(15-3-5-18-11(15)13-10)7-12-6-8-2-4-17-14-8/h2-5,12H,6-7H2,1H3. The SMILES string of the molecule is COc1nc2sccn2c1CNCc1ccon1. The van der Waals surface area contributed by atoms with Crippen molar-refractivity contribution in [2.75, 3.05) is 7.11 Å². The number of aromatic nitrogens is 3. The molecule has 0 aliphatic carbocycles. The molecular weight excluding hydrogens is 252 g/mol. The second-order valence-corrected chi connectivity index (χ2v) is 4.59. The van der Waals surface area contributed by atoms with Crippen LogP contribution in [0.1, 0.15) is 11.4 Å². The normalized spacial score (nSPS) is 11.2. The van der Waals surface area contributed by atoms with E-state index in [0.29, 0.717) is 19.0 Å². The Morgan fingerprint density at radius 1 is 1.50 bits per heavy atom. The van der Waals surface area contributed by atoms with Gasteiger partial charge in [-0.2, -0.15) is 4.98 Å². The van der Waals surface area contributed by atoms with Crippen LogP contribution in [0.25, 0.3) is 4.96 Å². The highest BCUT2D eigenvalue weighted by Crippen LogP contribution is 2.22. The highest BCUT2D eigenvalue weighted by atomic mass is 32.1. The van der Waals surface area contributed by atoms with Gasteiger partial charge in [-0.05, 0) is 0 Å². The minimum Gasteiger partial charge on any atom is -0.480 e. The smallest absolute Gasteiger partial charge is 0.237 e. The van der Waals surface area contributed by atoms with E-state index in [0.717, 1.165) is 16.3 Å². The summed E-state index contributed by atoms with van der Waals surface area (Å²) in [4.78, 5) is 5.33. The van der Waals surface area contributed by atoms with Gasteiger partial charge in [-0.1, -0.05) is 5.16 Å². The predicted molar refractivity (Wildman–Crippen MR) is 66.7 cm³/mol. The molecule has 3 rings (SSSR count). The van der Waals surface area contributed by atoms with Gasteiger partial charge in [0.05, 0.1) is 12.8 Å². The molecule has 0 radical (unpaired) electrons. The molecule has 0 saturated carbocycles. The number of ether oxygens (including phenoxy) is 1. The fraction of sp³-hybridized carbons (Fsp3) is 0.273. The van der Waals surface area contributed by atoms with Crippen LogP contribution in [0.4, 0.5) is 0 Å². The maximum Gasteiger partial charge on any atom is 0.237 e. The molecule has 0 spiro atoms. The van der Waals surface area contributed by atoms with E-state index in [9.17, 15) is 0 Å². The summed E-state index contributed by atoms with van der Waals surface area (Å²) in [6, 6.07) is 1.83. The first kappa shape index (κ1) is 11.2. The van der Waals surface area contributed by atoms with Gasteiger partial charge in [-0.15, -0.1) is 11.3 Å². The Morgan fingerprint density at radius 3 is 3.22 bits per heavy atom. The molecule has 0 aliphatic heterocycles. The van der Waals surface area contributed by atoms with E-state index >= 15 is 0 Å². The summed E-state index contributed by atoms with van der Waals surface area (Å²) in [5.41, 5.74) is 1.89. The van der Waals surface area contributed by atoms with Gasteiger partial charge in [0, 0.05) is 30.7 Å². The zero-order valence-corrected chi connectivity index (χ0v) is 10.6. The Bertz CT molecular complexity index is 629. The van der Waals surface area contributed by atoms with E-state index in [1.54, 1.807) is 24.7 Å². The van der Waals surface area contributed by atoms with E-state index in [1.807, 2.05) is 22.0 Å². The highest BCUT2D eigenvalue weighted by Gasteiger charge is 2.13. The molecule has 0 unspecified atom stereocenters. The van der Waals surface area contributed by atoms with Crippen LogP contribution in [0.3, 0.4) is 0 Å². The second-order valence-electron chi connectivity index (χ2n) is 3.72. The molecule has 1 N–H and O–H groups in total. The lowest BCUT2D eigenvalue weighted by Crippen LogP contribution is -2.14. The van der Waals surface area contributed by atoms with Gasteiger partial charge in [0.1, 0.15) is 12.0 Å². The summed E-state index contributed by atoms with van der Waals surface area (Å²) in [6.45, 7) is 1.31. The van der Waals surface area contributed by atoms with Gasteiger partial charge in [-0.25, -0.2) is 0 Å². The van der Waals surface area contributed by atoms with Gasteiger partial charge in [0.25, 0.3) is 0 Å². The summed E-state index contributed by atoms with van der Waals surface area (Å²) in [7, 11) is 1.63. The lowest BCUT2D eigenvalue weighted by atomic mass is 10.4. The summed E-state index contributed by atoms with van der Waals surface area (Å²) in [6.07, 6.45) is 3.55. The average Bonchev–Trinajstić information content (AvgIpc) is 3.06. The van der Waals surface area contributed by atoms with Crippen LogP contribution < -0.4 is 10.1 Å². The van der Waals surface area contributed by atoms with Crippen LogP contribution in [-0.2, 0) is 13.1 Å². The first-order valence-electron chi connectivity index (χ1n) is 5.47. The molecule has 3 aromatic heterocycles. The van der Waals surface area contributed by atoms with Crippen molar-refractivity contribution in [2.45, 2.75) is 13.1 Å². The molecule has 7 heteroatoms. The molecule has 0 aliphatic rings. The lowest BCUT2D eigenvalue weighted by molar-refractivity contribution is 0.391. The monoisotopic (exact) mass is 264 g/mol. The summed E-state index contributed by atoms with van der Waals surface area (Å²) < 4.78 is 12.1. The molecule has 0 saturated heterocycles. The number of methoxy groups -OCH3 is 1. The Morgan fingerprint density at radius 2 is 2.44 bits per heavy atom. The Labute approximate surface area is 107 Å². The summed E-state index contributed by atoms with van der Waals surface area (Å²) >= 11 is 1.59. The molecule has 6 nitrogen and oxygen atoms in total. The number of rotatable bonds is 5. The second kappa shape index (κ2) is 4.79. The van der Waals surface area contributed by atoms with E-state index in [2.05, 4.69) is 15.5 Å². The van der Waals surface area contributed by atoms with Crippen molar-refractivity contribution in [3.8, 4) is 5.88 Å². The third kappa shape index (κ3) is 1.98. The third-order valence-electron chi connectivity index (χ3n) is 2.61. The van der Waals surface area contributed by atoms with Crippen molar-refractivity contribution in [3.63, 3.8) is 0 Å². The van der Waals surface area contributed by atoms with Crippen LogP contribution in [-0.4, -0.2) is 21.7 Å². The minimum atomic E-state index is 0.650. The number of nitrogens with zero attached hydrogens (tertiary/aromatic N) is 3. The van der Waals surface area contributed by atoms with Gasteiger partial charge in [0.15, 0.2) is 4.96 Å². The van der Waals surface area contributed by atoms with Crippen LogP contribution >= 0.6 is 11.3 Å². The van der Waals surface area contributed by atoms with Gasteiger partial charge >= 0.3 is 0 Å². The number of thiazole rings is 1. The molecular formula is C11H12N4O2S. The number of nitrogens with one attached hydrogen (secondary N) is 1. The summed E-state index contributed by atoms with van der Waals surface area (Å²) in [5, 5.41) is 9.13. The number of hydrogen-bond donors (Lipinski definition) is 1. The van der Waals surface area contributed by atoms with E-state index in [4.69, 9.17) is 9.26 Å². The Kier molecular flexibility index (Phi) is 2.99. The fourth-order valence-electron chi connectivity index (χ4n) is 1.77. The van der Waals surface area contributed by atoms with Crippen molar-refractivity contribution in [1.82, 2.24) is 19.9 Å². The Hall–Kier alpha value is -1.86. The first-order valence-corrected chi connectivity index (χ1v) is 6.35. The van der Waals surface area contributed by atoms with Gasteiger partial charge < -0.3 is 14.6 Å². The van der Waals surface area contributed by atoms with Gasteiger partial charge in [-0.3, -0.25) is 4.40 Å². The lowest BCUT2D eigenvalue weighted by Gasteiger charge is -2.03.